The molecule has 8 nitrogen and oxygen atoms in total. The van der Waals surface area contributed by atoms with Gasteiger partial charge >= 0.3 is 0 Å². The topological polar surface area (TPSA) is 79.2 Å². The third-order valence-electron chi connectivity index (χ3n) is 5.70. The fourth-order valence-corrected chi connectivity index (χ4v) is 4.11. The van der Waals surface area contributed by atoms with Crippen LogP contribution in [-0.2, 0) is 11.2 Å². The van der Waals surface area contributed by atoms with Gasteiger partial charge in [-0.3, -0.25) is 9.69 Å². The lowest BCUT2D eigenvalue weighted by Gasteiger charge is -2.35. The van der Waals surface area contributed by atoms with Gasteiger partial charge in [0.05, 0.1) is 12.1 Å². The van der Waals surface area contributed by atoms with Crippen molar-refractivity contribution in [3.63, 3.8) is 0 Å². The highest BCUT2D eigenvalue weighted by Gasteiger charge is 2.30. The van der Waals surface area contributed by atoms with Gasteiger partial charge in [-0.05, 0) is 67.5 Å². The highest BCUT2D eigenvalue weighted by atomic mass is 16.1. The van der Waals surface area contributed by atoms with Gasteiger partial charge in [-0.15, -0.1) is 5.10 Å². The summed E-state index contributed by atoms with van der Waals surface area (Å²) in [6, 6.07) is 8.72. The van der Waals surface area contributed by atoms with Crippen molar-refractivity contribution in [2.45, 2.75) is 37.8 Å². The second-order valence-electron chi connectivity index (χ2n) is 7.68. The van der Waals surface area contributed by atoms with Crippen molar-refractivity contribution in [3.8, 4) is 5.69 Å². The Hall–Kier alpha value is -2.32. The van der Waals surface area contributed by atoms with Gasteiger partial charge in [0, 0.05) is 25.2 Å². The SMILES string of the molecule is CN1CCC(N2CCC(NC(=O)Cc3ccc(-n4cnnn4)cc3)C2)CC1. The average molecular weight is 369 g/mol. The summed E-state index contributed by atoms with van der Waals surface area (Å²) >= 11 is 0. The van der Waals surface area contributed by atoms with Crippen LogP contribution in [0.25, 0.3) is 5.69 Å². The largest absolute Gasteiger partial charge is 0.352 e. The van der Waals surface area contributed by atoms with Crippen LogP contribution in [0.1, 0.15) is 24.8 Å². The Bertz CT molecular complexity index is 738. The average Bonchev–Trinajstić information content (AvgIpc) is 3.35. The number of aromatic nitrogens is 4. The van der Waals surface area contributed by atoms with Crippen LogP contribution in [0.15, 0.2) is 30.6 Å². The summed E-state index contributed by atoms with van der Waals surface area (Å²) in [6.07, 6.45) is 5.49. The number of amides is 1. The number of benzene rings is 1. The summed E-state index contributed by atoms with van der Waals surface area (Å²) in [7, 11) is 2.19. The highest BCUT2D eigenvalue weighted by molar-refractivity contribution is 5.79. The molecule has 2 aliphatic rings. The minimum Gasteiger partial charge on any atom is -0.352 e. The first-order chi connectivity index (χ1) is 13.2. The Balaban J connectivity index is 1.25. The molecule has 2 aliphatic heterocycles. The Morgan fingerprint density at radius 2 is 1.93 bits per heavy atom. The Kier molecular flexibility index (Phi) is 5.45. The van der Waals surface area contributed by atoms with Gasteiger partial charge in [0.1, 0.15) is 6.33 Å². The van der Waals surface area contributed by atoms with E-state index in [0.29, 0.717) is 12.5 Å². The smallest absolute Gasteiger partial charge is 0.224 e. The van der Waals surface area contributed by atoms with Gasteiger partial charge in [-0.2, -0.15) is 0 Å². The van der Waals surface area contributed by atoms with E-state index in [4.69, 9.17) is 0 Å². The molecular weight excluding hydrogens is 342 g/mol. The normalized spacial score (nSPS) is 22.2. The molecule has 2 aromatic rings. The van der Waals surface area contributed by atoms with Gasteiger partial charge in [0.25, 0.3) is 0 Å². The molecule has 1 aromatic heterocycles. The van der Waals surface area contributed by atoms with Crippen molar-refractivity contribution in [2.75, 3.05) is 33.2 Å². The van der Waals surface area contributed by atoms with E-state index in [9.17, 15) is 4.79 Å². The Labute approximate surface area is 159 Å². The highest BCUT2D eigenvalue weighted by Crippen LogP contribution is 2.21. The fraction of sp³-hybridized carbons (Fsp3) is 0.579. The molecule has 0 radical (unpaired) electrons. The maximum Gasteiger partial charge on any atom is 0.224 e. The molecule has 8 heteroatoms. The summed E-state index contributed by atoms with van der Waals surface area (Å²) in [5, 5.41) is 14.3. The zero-order chi connectivity index (χ0) is 18.6. The van der Waals surface area contributed by atoms with Crippen LogP contribution in [-0.4, -0.2) is 81.2 Å². The molecule has 0 saturated carbocycles. The molecule has 1 amide bonds. The van der Waals surface area contributed by atoms with Crippen LogP contribution < -0.4 is 5.32 Å². The minimum absolute atomic E-state index is 0.0976. The van der Waals surface area contributed by atoms with Gasteiger partial charge in [-0.1, -0.05) is 12.1 Å². The lowest BCUT2D eigenvalue weighted by Crippen LogP contribution is -2.44. The van der Waals surface area contributed by atoms with Gasteiger partial charge in [0.15, 0.2) is 0 Å². The van der Waals surface area contributed by atoms with E-state index in [0.717, 1.165) is 30.8 Å². The number of tetrazole rings is 1. The molecule has 2 saturated heterocycles. The van der Waals surface area contributed by atoms with Crippen LogP contribution in [0.4, 0.5) is 0 Å². The van der Waals surface area contributed by atoms with E-state index >= 15 is 0 Å². The van der Waals surface area contributed by atoms with Crippen molar-refractivity contribution < 1.29 is 4.79 Å². The van der Waals surface area contributed by atoms with E-state index in [2.05, 4.69) is 37.7 Å². The molecule has 2 fully saturated rings. The number of carbonyl (C=O) groups excluding carboxylic acids is 1. The molecule has 1 aromatic carbocycles. The molecule has 0 spiro atoms. The fourth-order valence-electron chi connectivity index (χ4n) is 4.11. The van der Waals surface area contributed by atoms with Crippen LogP contribution >= 0.6 is 0 Å². The van der Waals surface area contributed by atoms with Crippen molar-refractivity contribution >= 4 is 5.91 Å². The van der Waals surface area contributed by atoms with Gasteiger partial charge in [0.2, 0.25) is 5.91 Å². The number of nitrogens with zero attached hydrogens (tertiary/aromatic N) is 6. The van der Waals surface area contributed by atoms with Crippen molar-refractivity contribution in [1.29, 1.82) is 0 Å². The second kappa shape index (κ2) is 8.14. The standard InChI is InChI=1S/C19H27N7O/c1-24-9-7-17(8-10-24)25-11-6-16(13-25)21-19(27)12-15-2-4-18(5-3-15)26-14-20-22-23-26/h2-5,14,16-17H,6-13H2,1H3,(H,21,27). The molecule has 4 rings (SSSR count). The first-order valence-electron chi connectivity index (χ1n) is 9.71. The first-order valence-corrected chi connectivity index (χ1v) is 9.71. The van der Waals surface area contributed by atoms with E-state index in [1.165, 1.54) is 25.9 Å². The predicted octanol–water partition coefficient (Wildman–Crippen LogP) is 0.490. The summed E-state index contributed by atoms with van der Waals surface area (Å²) in [5.74, 6) is 0.0976. The molecule has 144 valence electrons. The molecule has 0 aliphatic carbocycles. The number of carbonyl (C=O) groups is 1. The molecular formula is C19H27N7O. The van der Waals surface area contributed by atoms with Crippen molar-refractivity contribution in [1.82, 2.24) is 35.3 Å². The Morgan fingerprint density at radius 3 is 2.63 bits per heavy atom. The number of piperidine rings is 1. The van der Waals surface area contributed by atoms with Gasteiger partial charge in [-0.25, -0.2) is 4.68 Å². The molecule has 1 atom stereocenters. The lowest BCUT2D eigenvalue weighted by molar-refractivity contribution is -0.121. The third kappa shape index (κ3) is 4.51. The summed E-state index contributed by atoms with van der Waals surface area (Å²) in [6.45, 7) is 4.44. The lowest BCUT2D eigenvalue weighted by atomic mass is 10.0. The number of rotatable bonds is 5. The number of hydrogen-bond donors (Lipinski definition) is 1. The van der Waals surface area contributed by atoms with E-state index < -0.39 is 0 Å². The predicted molar refractivity (Wildman–Crippen MR) is 101 cm³/mol. The number of likely N-dealkylation sites (tertiary alicyclic amines) is 2. The quantitative estimate of drug-likeness (QED) is 0.826. The molecule has 3 heterocycles. The van der Waals surface area contributed by atoms with E-state index in [-0.39, 0.29) is 11.9 Å². The van der Waals surface area contributed by atoms with Crippen LogP contribution in [0.3, 0.4) is 0 Å². The zero-order valence-electron chi connectivity index (χ0n) is 15.8. The monoisotopic (exact) mass is 369 g/mol. The maximum absolute atomic E-state index is 12.4. The summed E-state index contributed by atoms with van der Waals surface area (Å²) in [4.78, 5) is 17.4. The zero-order valence-corrected chi connectivity index (χ0v) is 15.8. The van der Waals surface area contributed by atoms with Crippen molar-refractivity contribution in [3.05, 3.63) is 36.2 Å². The van der Waals surface area contributed by atoms with Gasteiger partial charge < -0.3 is 10.2 Å². The van der Waals surface area contributed by atoms with Crippen LogP contribution in [0.5, 0.6) is 0 Å². The van der Waals surface area contributed by atoms with E-state index in [1.807, 2.05) is 24.3 Å². The molecule has 0 bridgehead atoms. The summed E-state index contributed by atoms with van der Waals surface area (Å²) < 4.78 is 1.60. The van der Waals surface area contributed by atoms with Crippen molar-refractivity contribution in [2.24, 2.45) is 0 Å². The number of nitrogens with one attached hydrogen (secondary N) is 1. The first kappa shape index (κ1) is 18.1. The second-order valence-corrected chi connectivity index (χ2v) is 7.68. The van der Waals surface area contributed by atoms with Crippen LogP contribution in [0, 0.1) is 0 Å². The molecule has 27 heavy (non-hydrogen) atoms. The molecule has 1 unspecified atom stereocenters. The van der Waals surface area contributed by atoms with Crippen LogP contribution in [0.2, 0.25) is 0 Å². The Morgan fingerprint density at radius 1 is 1.15 bits per heavy atom. The van der Waals surface area contributed by atoms with E-state index in [1.54, 1.807) is 11.0 Å². The third-order valence-corrected chi connectivity index (χ3v) is 5.70. The maximum atomic E-state index is 12.4. The molecule has 1 N–H and O–H groups in total. The summed E-state index contributed by atoms with van der Waals surface area (Å²) in [5.41, 5.74) is 1.88. The minimum atomic E-state index is 0.0976. The number of hydrogen-bond acceptors (Lipinski definition) is 6.